The molecule has 38 heavy (non-hydrogen) atoms. The van der Waals surface area contributed by atoms with Gasteiger partial charge in [-0.2, -0.15) is 0 Å². The first-order valence-corrected chi connectivity index (χ1v) is 14.6. The van der Waals surface area contributed by atoms with Crippen molar-refractivity contribution in [2.75, 3.05) is 19.8 Å². The molecule has 1 amide bonds. The van der Waals surface area contributed by atoms with E-state index in [0.717, 1.165) is 30.5 Å². The maximum Gasteiger partial charge on any atom is 0.344 e. The first kappa shape index (κ1) is 28.2. The zero-order valence-corrected chi connectivity index (χ0v) is 24.3. The number of amidine groups is 1. The molecule has 9 heteroatoms. The minimum Gasteiger partial charge on any atom is -0.490 e. The third-order valence-electron chi connectivity index (χ3n) is 6.48. The number of nitrogens with zero attached hydrogens (tertiary/aromatic N) is 2. The third kappa shape index (κ3) is 6.80. The van der Waals surface area contributed by atoms with Crippen LogP contribution in [0.3, 0.4) is 0 Å². The molecule has 0 bridgehead atoms. The highest BCUT2D eigenvalue weighted by molar-refractivity contribution is 9.10. The topological polar surface area (TPSA) is 77.4 Å². The molecule has 4 rings (SSSR count). The van der Waals surface area contributed by atoms with Gasteiger partial charge in [0, 0.05) is 6.04 Å². The number of ether oxygens (including phenoxy) is 3. The fraction of sp³-hybridized carbons (Fsp3) is 0.414. The first-order valence-electron chi connectivity index (χ1n) is 13.0. The van der Waals surface area contributed by atoms with Crippen LogP contribution in [-0.4, -0.2) is 47.8 Å². The van der Waals surface area contributed by atoms with E-state index in [1.165, 1.54) is 18.2 Å². The Balaban J connectivity index is 1.67. The minimum atomic E-state index is -0.455. The lowest BCUT2D eigenvalue weighted by atomic mass is 9.85. The maximum atomic E-state index is 13.8. The van der Waals surface area contributed by atoms with Crippen molar-refractivity contribution >= 4 is 56.5 Å². The van der Waals surface area contributed by atoms with E-state index >= 15 is 0 Å². The van der Waals surface area contributed by atoms with Crippen molar-refractivity contribution < 1.29 is 23.8 Å². The third-order valence-corrected chi connectivity index (χ3v) is 8.06. The summed E-state index contributed by atoms with van der Waals surface area (Å²) in [5.74, 6) is 0.812. The van der Waals surface area contributed by atoms with Gasteiger partial charge in [-0.1, -0.05) is 38.0 Å². The quantitative estimate of drug-likeness (QED) is 0.228. The van der Waals surface area contributed by atoms with Crippen molar-refractivity contribution in [2.24, 2.45) is 10.9 Å². The van der Waals surface area contributed by atoms with Gasteiger partial charge in [0.2, 0.25) is 0 Å². The Hall–Kier alpha value is -2.78. The van der Waals surface area contributed by atoms with Crippen LogP contribution in [0, 0.1) is 5.92 Å². The fourth-order valence-electron chi connectivity index (χ4n) is 4.71. The van der Waals surface area contributed by atoms with Gasteiger partial charge in [0.05, 0.1) is 28.3 Å². The Labute approximate surface area is 236 Å². The molecule has 7 nitrogen and oxygen atoms in total. The highest BCUT2D eigenvalue weighted by atomic mass is 79.9. The van der Waals surface area contributed by atoms with Crippen LogP contribution in [-0.2, 0) is 14.3 Å². The second-order valence-corrected chi connectivity index (χ2v) is 11.1. The van der Waals surface area contributed by atoms with E-state index in [-0.39, 0.29) is 25.2 Å². The normalized spacial score (nSPS) is 21.7. The van der Waals surface area contributed by atoms with Crippen molar-refractivity contribution in [3.05, 3.63) is 57.4 Å². The number of amides is 1. The van der Waals surface area contributed by atoms with E-state index < -0.39 is 5.97 Å². The van der Waals surface area contributed by atoms with Gasteiger partial charge in [0.1, 0.15) is 0 Å². The number of para-hydroxylation sites is 1. The van der Waals surface area contributed by atoms with Gasteiger partial charge in [-0.3, -0.25) is 9.69 Å². The number of halogens is 1. The second-order valence-electron chi connectivity index (χ2n) is 9.20. The molecule has 0 spiro atoms. The average molecular weight is 602 g/mol. The number of aliphatic imine (C=N–C) groups is 1. The summed E-state index contributed by atoms with van der Waals surface area (Å²) in [6.45, 7) is 6.32. The van der Waals surface area contributed by atoms with Gasteiger partial charge in [0.25, 0.3) is 5.91 Å². The Kier molecular flexibility index (Phi) is 9.91. The molecule has 0 N–H and O–H groups in total. The molecule has 1 aliphatic heterocycles. The molecule has 1 heterocycles. The standard InChI is InChI=1S/C29H33BrN2O5S/c1-4-35-24-16-20(15-22(30)27(24)37-18-26(33)36-5-2)17-25-28(34)32(23-14-10-9-11-19(23)3)29(38-25)31-21-12-7-6-8-13-21/h6-8,12-13,15-17,19,23H,4-5,9-11,14,18H2,1-3H3/b25-17-,31-29?/t19-,23+/m1/s1. The number of esters is 1. The molecule has 1 aliphatic carbocycles. The average Bonchev–Trinajstić information content (AvgIpc) is 3.18. The fourth-order valence-corrected chi connectivity index (χ4v) is 6.33. The number of thioether (sulfide) groups is 1. The Morgan fingerprint density at radius 2 is 1.89 bits per heavy atom. The van der Waals surface area contributed by atoms with E-state index in [1.54, 1.807) is 6.92 Å². The van der Waals surface area contributed by atoms with Gasteiger partial charge in [-0.15, -0.1) is 0 Å². The second kappa shape index (κ2) is 13.3. The monoisotopic (exact) mass is 600 g/mol. The number of rotatable bonds is 9. The molecule has 202 valence electrons. The molecule has 1 saturated heterocycles. The summed E-state index contributed by atoms with van der Waals surface area (Å²) in [4.78, 5) is 33.0. The lowest BCUT2D eigenvalue weighted by molar-refractivity contribution is -0.145. The highest BCUT2D eigenvalue weighted by Crippen LogP contribution is 2.42. The van der Waals surface area contributed by atoms with Crippen molar-refractivity contribution in [3.8, 4) is 11.5 Å². The molecule has 1 saturated carbocycles. The largest absolute Gasteiger partial charge is 0.490 e. The summed E-state index contributed by atoms with van der Waals surface area (Å²) in [5, 5.41) is 0.713. The van der Waals surface area contributed by atoms with Gasteiger partial charge in [0.15, 0.2) is 23.3 Å². The molecule has 2 aromatic rings. The smallest absolute Gasteiger partial charge is 0.344 e. The number of hydrogen-bond donors (Lipinski definition) is 0. The minimum absolute atomic E-state index is 0.0276. The van der Waals surface area contributed by atoms with Crippen LogP contribution in [0.25, 0.3) is 6.08 Å². The first-order chi connectivity index (χ1) is 18.4. The van der Waals surface area contributed by atoms with Crippen molar-refractivity contribution in [1.82, 2.24) is 4.90 Å². The van der Waals surface area contributed by atoms with Gasteiger partial charge >= 0.3 is 5.97 Å². The molecule has 0 radical (unpaired) electrons. The molecular weight excluding hydrogens is 568 g/mol. The lowest BCUT2D eigenvalue weighted by Gasteiger charge is -2.35. The van der Waals surface area contributed by atoms with Crippen LogP contribution in [0.15, 0.2) is 56.8 Å². The van der Waals surface area contributed by atoms with Crippen LogP contribution < -0.4 is 9.47 Å². The van der Waals surface area contributed by atoms with Crippen molar-refractivity contribution in [3.63, 3.8) is 0 Å². The highest BCUT2D eigenvalue weighted by Gasteiger charge is 2.41. The summed E-state index contributed by atoms with van der Waals surface area (Å²) in [5.41, 5.74) is 1.60. The predicted octanol–water partition coefficient (Wildman–Crippen LogP) is 6.97. The maximum absolute atomic E-state index is 13.8. The van der Waals surface area contributed by atoms with Crippen LogP contribution >= 0.6 is 27.7 Å². The van der Waals surface area contributed by atoms with Crippen LogP contribution in [0.5, 0.6) is 11.5 Å². The lowest BCUT2D eigenvalue weighted by Crippen LogP contribution is -2.44. The Morgan fingerprint density at radius 3 is 2.61 bits per heavy atom. The van der Waals surface area contributed by atoms with E-state index in [0.29, 0.717) is 38.6 Å². The zero-order valence-electron chi connectivity index (χ0n) is 21.9. The molecule has 0 aromatic heterocycles. The van der Waals surface area contributed by atoms with Crippen LogP contribution in [0.1, 0.15) is 52.0 Å². The SMILES string of the molecule is CCOC(=O)COc1c(Br)cc(/C=C2\SC(=Nc3ccccc3)N([C@H]3CCCC[C@H]3C)C2=O)cc1OCC. The van der Waals surface area contributed by atoms with Gasteiger partial charge in [-0.25, -0.2) is 9.79 Å². The summed E-state index contributed by atoms with van der Waals surface area (Å²) in [6.07, 6.45) is 6.25. The summed E-state index contributed by atoms with van der Waals surface area (Å²) in [7, 11) is 0. The van der Waals surface area contributed by atoms with Gasteiger partial charge in [-0.05, 0) is 96.2 Å². The van der Waals surface area contributed by atoms with E-state index in [1.807, 2.05) is 60.4 Å². The number of hydrogen-bond acceptors (Lipinski definition) is 7. The van der Waals surface area contributed by atoms with Gasteiger partial charge < -0.3 is 14.2 Å². The van der Waals surface area contributed by atoms with Crippen LogP contribution in [0.4, 0.5) is 5.69 Å². The number of benzene rings is 2. The van der Waals surface area contributed by atoms with E-state index in [2.05, 4.69) is 22.9 Å². The van der Waals surface area contributed by atoms with E-state index in [4.69, 9.17) is 19.2 Å². The molecule has 2 atom stereocenters. The number of carbonyl (C=O) groups is 2. The summed E-state index contributed by atoms with van der Waals surface area (Å²) < 4.78 is 17.1. The van der Waals surface area contributed by atoms with Crippen molar-refractivity contribution in [1.29, 1.82) is 0 Å². The summed E-state index contributed by atoms with van der Waals surface area (Å²) >= 11 is 4.95. The molecule has 2 fully saturated rings. The molecular formula is C29H33BrN2O5S. The van der Waals surface area contributed by atoms with Crippen molar-refractivity contribution in [2.45, 2.75) is 52.5 Å². The van der Waals surface area contributed by atoms with E-state index in [9.17, 15) is 9.59 Å². The number of carbonyl (C=O) groups excluding carboxylic acids is 2. The predicted molar refractivity (Wildman–Crippen MR) is 155 cm³/mol. The Bertz CT molecular complexity index is 1220. The van der Waals surface area contributed by atoms with Crippen LogP contribution in [0.2, 0.25) is 0 Å². The molecule has 2 aliphatic rings. The molecule has 2 aromatic carbocycles. The summed E-state index contributed by atoms with van der Waals surface area (Å²) in [6, 6.07) is 13.5. The Morgan fingerprint density at radius 1 is 1.13 bits per heavy atom. The zero-order chi connectivity index (χ0) is 27.1. The molecule has 0 unspecified atom stereocenters.